The van der Waals surface area contributed by atoms with Crippen LogP contribution in [0, 0.1) is 0 Å². The van der Waals surface area contributed by atoms with E-state index in [-0.39, 0.29) is 17.0 Å². The molecule has 2 aromatic carbocycles. The van der Waals surface area contributed by atoms with E-state index < -0.39 is 36.3 Å². The van der Waals surface area contributed by atoms with Gasteiger partial charge in [-0.1, -0.05) is 0 Å². The third kappa shape index (κ3) is 5.18. The second kappa shape index (κ2) is 9.00. The molecule has 0 saturated carbocycles. The number of nitrogens with one attached hydrogen (secondary N) is 1. The van der Waals surface area contributed by atoms with Gasteiger partial charge in [0, 0.05) is 17.4 Å². The van der Waals surface area contributed by atoms with E-state index in [0.717, 1.165) is 28.8 Å². The molecule has 1 aromatic heterocycles. The van der Waals surface area contributed by atoms with Crippen LogP contribution in [0.15, 0.2) is 54.7 Å². The first-order valence-corrected chi connectivity index (χ1v) is 8.97. The lowest BCUT2D eigenvalue weighted by atomic mass is 10.2. The summed E-state index contributed by atoms with van der Waals surface area (Å²) in [4.78, 5) is 15.8. The van der Waals surface area contributed by atoms with Gasteiger partial charge >= 0.3 is 18.7 Å². The van der Waals surface area contributed by atoms with Crippen LogP contribution in [-0.2, 0) is 5.92 Å². The number of amides is 1. The molecule has 0 aliphatic heterocycles. The van der Waals surface area contributed by atoms with Gasteiger partial charge in [0.25, 0.3) is 5.91 Å². The summed E-state index contributed by atoms with van der Waals surface area (Å²) in [6.07, 6.45) is -5.47. The Kier molecular flexibility index (Phi) is 6.51. The van der Waals surface area contributed by atoms with Gasteiger partial charge < -0.3 is 9.47 Å². The minimum Gasteiger partial charge on any atom is -0.497 e. The SMILES string of the molecule is COc1ccc(-n2cc(C(F)(F)C(F)(F)F)nc2NC(=O)c2ccc(OC(F)F)cc2)cc1. The fourth-order valence-electron chi connectivity index (χ4n) is 2.67. The van der Waals surface area contributed by atoms with Gasteiger partial charge in [-0.05, 0) is 48.5 Å². The summed E-state index contributed by atoms with van der Waals surface area (Å²) in [5.74, 6) is -6.72. The van der Waals surface area contributed by atoms with Crippen molar-refractivity contribution in [3.05, 3.63) is 66.0 Å². The lowest BCUT2D eigenvalue weighted by Gasteiger charge is -2.16. The normalized spacial score (nSPS) is 12.0. The maximum Gasteiger partial charge on any atom is 0.459 e. The quantitative estimate of drug-likeness (QED) is 0.464. The van der Waals surface area contributed by atoms with E-state index in [1.54, 1.807) is 0 Å². The molecule has 0 fully saturated rings. The highest BCUT2D eigenvalue weighted by molar-refractivity contribution is 6.03. The number of methoxy groups -OCH3 is 1. The summed E-state index contributed by atoms with van der Waals surface area (Å²) in [6, 6.07) is 9.84. The predicted molar refractivity (Wildman–Crippen MR) is 101 cm³/mol. The number of rotatable bonds is 7. The molecule has 0 spiro atoms. The smallest absolute Gasteiger partial charge is 0.459 e. The third-order valence-electron chi connectivity index (χ3n) is 4.30. The van der Waals surface area contributed by atoms with E-state index in [9.17, 15) is 35.5 Å². The van der Waals surface area contributed by atoms with Gasteiger partial charge in [0.05, 0.1) is 7.11 Å². The van der Waals surface area contributed by atoms with Crippen LogP contribution in [0.5, 0.6) is 11.5 Å². The Labute approximate surface area is 181 Å². The Morgan fingerprint density at radius 3 is 2.06 bits per heavy atom. The molecular formula is C20H14F7N3O3. The van der Waals surface area contributed by atoms with Gasteiger partial charge in [-0.3, -0.25) is 14.7 Å². The highest BCUT2D eigenvalue weighted by atomic mass is 19.4. The van der Waals surface area contributed by atoms with Crippen LogP contribution in [-0.4, -0.2) is 35.4 Å². The Hall–Kier alpha value is -3.77. The van der Waals surface area contributed by atoms with Crippen LogP contribution < -0.4 is 14.8 Å². The van der Waals surface area contributed by atoms with Crippen molar-refractivity contribution >= 4 is 11.9 Å². The van der Waals surface area contributed by atoms with Gasteiger partial charge in [-0.2, -0.15) is 30.7 Å². The van der Waals surface area contributed by atoms with Crippen molar-refractivity contribution in [2.45, 2.75) is 18.7 Å². The Morgan fingerprint density at radius 2 is 1.55 bits per heavy atom. The van der Waals surface area contributed by atoms with Gasteiger partial charge in [-0.25, -0.2) is 4.98 Å². The zero-order valence-electron chi connectivity index (χ0n) is 16.5. The summed E-state index contributed by atoms with van der Waals surface area (Å²) < 4.78 is 101. The number of halogens is 7. The maximum absolute atomic E-state index is 13.9. The molecule has 33 heavy (non-hydrogen) atoms. The third-order valence-corrected chi connectivity index (χ3v) is 4.30. The molecule has 0 unspecified atom stereocenters. The van der Waals surface area contributed by atoms with E-state index in [0.29, 0.717) is 11.9 Å². The van der Waals surface area contributed by atoms with Crippen molar-refractivity contribution in [2.24, 2.45) is 0 Å². The molecule has 1 heterocycles. The van der Waals surface area contributed by atoms with Crippen molar-refractivity contribution in [1.82, 2.24) is 9.55 Å². The summed E-state index contributed by atoms with van der Waals surface area (Å²) in [5, 5.41) is 2.15. The average Bonchev–Trinajstić information content (AvgIpc) is 3.17. The second-order valence-corrected chi connectivity index (χ2v) is 6.45. The largest absolute Gasteiger partial charge is 0.497 e. The number of anilines is 1. The molecule has 1 amide bonds. The average molecular weight is 477 g/mol. The molecule has 1 N–H and O–H groups in total. The summed E-state index contributed by atoms with van der Waals surface area (Å²) in [7, 11) is 1.37. The van der Waals surface area contributed by atoms with Gasteiger partial charge in [0.15, 0.2) is 0 Å². The molecule has 0 atom stereocenters. The topological polar surface area (TPSA) is 65.4 Å². The van der Waals surface area contributed by atoms with Crippen LogP contribution in [0.1, 0.15) is 16.1 Å². The number of imidazole rings is 1. The van der Waals surface area contributed by atoms with E-state index >= 15 is 0 Å². The molecule has 0 aliphatic rings. The first-order valence-electron chi connectivity index (χ1n) is 8.97. The summed E-state index contributed by atoms with van der Waals surface area (Å²) in [6.45, 7) is -3.09. The van der Waals surface area contributed by atoms with E-state index in [4.69, 9.17) is 4.74 Å². The van der Waals surface area contributed by atoms with Crippen molar-refractivity contribution in [2.75, 3.05) is 12.4 Å². The molecule has 3 aromatic rings. The monoisotopic (exact) mass is 477 g/mol. The molecular weight excluding hydrogens is 463 g/mol. The fourth-order valence-corrected chi connectivity index (χ4v) is 2.67. The zero-order chi connectivity index (χ0) is 24.4. The molecule has 176 valence electrons. The van der Waals surface area contributed by atoms with Gasteiger partial charge in [-0.15, -0.1) is 0 Å². The number of ether oxygens (including phenoxy) is 2. The first kappa shape index (κ1) is 23.9. The van der Waals surface area contributed by atoms with E-state index in [1.165, 1.54) is 31.4 Å². The Balaban J connectivity index is 1.97. The number of aromatic nitrogens is 2. The number of hydrogen-bond acceptors (Lipinski definition) is 4. The molecule has 0 bridgehead atoms. The molecule has 0 radical (unpaired) electrons. The molecule has 13 heteroatoms. The number of nitrogens with zero attached hydrogens (tertiary/aromatic N) is 2. The van der Waals surface area contributed by atoms with Gasteiger partial charge in [0.1, 0.15) is 17.2 Å². The zero-order valence-corrected chi connectivity index (χ0v) is 16.5. The van der Waals surface area contributed by atoms with Crippen molar-refractivity contribution in [1.29, 1.82) is 0 Å². The fraction of sp³-hybridized carbons (Fsp3) is 0.200. The molecule has 0 aliphatic carbocycles. The summed E-state index contributed by atoms with van der Waals surface area (Å²) in [5.41, 5.74) is -1.66. The number of carbonyl (C=O) groups excluding carboxylic acids is 1. The van der Waals surface area contributed by atoms with Crippen LogP contribution in [0.25, 0.3) is 5.69 Å². The van der Waals surface area contributed by atoms with Crippen molar-refractivity contribution < 1.29 is 45.0 Å². The number of alkyl halides is 7. The van der Waals surface area contributed by atoms with E-state index in [1.807, 2.05) is 0 Å². The maximum atomic E-state index is 13.9. The van der Waals surface area contributed by atoms with Crippen LogP contribution in [0.2, 0.25) is 0 Å². The Bertz CT molecular complexity index is 1110. The minimum atomic E-state index is -5.92. The predicted octanol–water partition coefficient (Wildman–Crippen LogP) is 5.39. The summed E-state index contributed by atoms with van der Waals surface area (Å²) >= 11 is 0. The number of hydrogen-bond donors (Lipinski definition) is 1. The highest BCUT2D eigenvalue weighted by Gasteiger charge is 2.60. The second-order valence-electron chi connectivity index (χ2n) is 6.45. The highest BCUT2D eigenvalue weighted by Crippen LogP contribution is 2.44. The lowest BCUT2D eigenvalue weighted by molar-refractivity contribution is -0.290. The Morgan fingerprint density at radius 1 is 0.970 bits per heavy atom. The van der Waals surface area contributed by atoms with Crippen LogP contribution in [0.3, 0.4) is 0 Å². The molecule has 3 rings (SSSR count). The standard InChI is InChI=1S/C20H14F7N3O3/c1-32-13-8-4-12(5-9-13)30-10-15(19(23,24)20(25,26)27)28-18(30)29-16(31)11-2-6-14(7-3-11)33-17(21)22/h2-10,17H,1H3,(H,28,29,31). The first-order chi connectivity index (χ1) is 15.4. The number of carbonyl (C=O) groups is 1. The molecule has 0 saturated heterocycles. The lowest BCUT2D eigenvalue weighted by Crippen LogP contribution is -2.34. The van der Waals surface area contributed by atoms with Crippen LogP contribution >= 0.6 is 0 Å². The van der Waals surface area contributed by atoms with Gasteiger partial charge in [0.2, 0.25) is 5.95 Å². The van der Waals surface area contributed by atoms with Crippen LogP contribution in [0.4, 0.5) is 36.7 Å². The van der Waals surface area contributed by atoms with Crippen molar-refractivity contribution in [3.8, 4) is 17.2 Å². The van der Waals surface area contributed by atoms with E-state index in [2.05, 4.69) is 15.0 Å². The molecule has 6 nitrogen and oxygen atoms in total. The minimum absolute atomic E-state index is 0.100. The number of benzene rings is 2. The van der Waals surface area contributed by atoms with Crippen molar-refractivity contribution in [3.63, 3.8) is 0 Å².